The van der Waals surface area contributed by atoms with E-state index in [0.29, 0.717) is 0 Å². The van der Waals surface area contributed by atoms with Gasteiger partial charge in [0, 0.05) is 33.1 Å². The van der Waals surface area contributed by atoms with Gasteiger partial charge in [0.1, 0.15) is 12.1 Å². The van der Waals surface area contributed by atoms with Crippen LogP contribution < -0.4 is 10.2 Å². The Morgan fingerprint density at radius 1 is 1.45 bits per heavy atom. The summed E-state index contributed by atoms with van der Waals surface area (Å²) >= 11 is 0. The molecule has 1 aliphatic rings. The molecule has 0 unspecified atom stereocenters. The van der Waals surface area contributed by atoms with Crippen LogP contribution in [0.1, 0.15) is 19.8 Å². The third kappa shape index (κ3) is 2.31. The van der Waals surface area contributed by atoms with Crippen LogP contribution in [0.3, 0.4) is 0 Å². The van der Waals surface area contributed by atoms with E-state index in [1.54, 1.807) is 24.1 Å². The average Bonchev–Trinajstić information content (AvgIpc) is 2.80. The van der Waals surface area contributed by atoms with E-state index in [4.69, 9.17) is 0 Å². The number of amides is 1. The van der Waals surface area contributed by atoms with Crippen LogP contribution >= 0.6 is 0 Å². The van der Waals surface area contributed by atoms with Crippen molar-refractivity contribution in [3.05, 3.63) is 12.5 Å². The fourth-order valence-corrected chi connectivity index (χ4v) is 2.78. The summed E-state index contributed by atoms with van der Waals surface area (Å²) in [5.41, 5.74) is 0.830. The molecule has 0 radical (unpaired) electrons. The fraction of sp³-hybridized carbons (Fsp3) is 0.538. The summed E-state index contributed by atoms with van der Waals surface area (Å²) in [6.07, 6.45) is 5.42. The van der Waals surface area contributed by atoms with Crippen LogP contribution in [0.25, 0.3) is 11.0 Å². The molecular formula is C13H18N6O. The lowest BCUT2D eigenvalue weighted by Gasteiger charge is -2.33. The SMILES string of the molecule is CC(=O)N[C@H]1CCCN(c2ncnc3c2cnn3C)C1. The maximum Gasteiger partial charge on any atom is 0.217 e. The Bertz CT molecular complexity index is 637. The van der Waals surface area contributed by atoms with Gasteiger partial charge in [0.25, 0.3) is 0 Å². The predicted molar refractivity (Wildman–Crippen MR) is 75.4 cm³/mol. The standard InChI is InChI=1S/C13H18N6O/c1-9(20)17-10-4-3-5-19(7-10)13-11-6-16-18(2)12(11)14-8-15-13/h6,8,10H,3-5,7H2,1-2H3,(H,17,20)/t10-/m0/s1. The van der Waals surface area contributed by atoms with Crippen molar-refractivity contribution in [1.29, 1.82) is 0 Å². The van der Waals surface area contributed by atoms with Crippen LogP contribution in [0.2, 0.25) is 0 Å². The zero-order chi connectivity index (χ0) is 14.1. The first-order valence-corrected chi connectivity index (χ1v) is 6.80. The molecule has 1 aliphatic heterocycles. The summed E-state index contributed by atoms with van der Waals surface area (Å²) in [5, 5.41) is 8.18. The number of hydrogen-bond donors (Lipinski definition) is 1. The number of carbonyl (C=O) groups is 1. The molecule has 3 heterocycles. The number of nitrogens with zero attached hydrogens (tertiary/aromatic N) is 5. The molecule has 0 aliphatic carbocycles. The van der Waals surface area contributed by atoms with Gasteiger partial charge in [0.2, 0.25) is 5.91 Å². The number of anilines is 1. The minimum absolute atomic E-state index is 0.0195. The molecule has 20 heavy (non-hydrogen) atoms. The summed E-state index contributed by atoms with van der Waals surface area (Å²) in [6, 6.07) is 0.183. The predicted octanol–water partition coefficient (Wildman–Crippen LogP) is 0.468. The number of fused-ring (bicyclic) bond motifs is 1. The third-order valence-corrected chi connectivity index (χ3v) is 3.64. The van der Waals surface area contributed by atoms with E-state index in [-0.39, 0.29) is 11.9 Å². The first-order valence-electron chi connectivity index (χ1n) is 6.80. The lowest BCUT2D eigenvalue weighted by Crippen LogP contribution is -2.47. The lowest BCUT2D eigenvalue weighted by atomic mass is 10.1. The van der Waals surface area contributed by atoms with Gasteiger partial charge in [-0.05, 0) is 12.8 Å². The number of piperidine rings is 1. The van der Waals surface area contributed by atoms with Gasteiger partial charge < -0.3 is 10.2 Å². The van der Waals surface area contributed by atoms with E-state index in [1.807, 2.05) is 7.05 Å². The van der Waals surface area contributed by atoms with Gasteiger partial charge in [-0.25, -0.2) is 9.97 Å². The van der Waals surface area contributed by atoms with Crippen molar-refractivity contribution in [3.8, 4) is 0 Å². The Hall–Kier alpha value is -2.18. The second-order valence-electron chi connectivity index (χ2n) is 5.19. The Balaban J connectivity index is 1.88. The molecule has 0 saturated carbocycles. The summed E-state index contributed by atoms with van der Waals surface area (Å²) in [5.74, 6) is 0.921. The van der Waals surface area contributed by atoms with E-state index >= 15 is 0 Å². The molecule has 1 fully saturated rings. The topological polar surface area (TPSA) is 75.9 Å². The normalized spacial score (nSPS) is 19.3. The second kappa shape index (κ2) is 5.07. The first-order chi connectivity index (χ1) is 9.65. The monoisotopic (exact) mass is 274 g/mol. The van der Waals surface area contributed by atoms with Crippen molar-refractivity contribution >= 4 is 22.8 Å². The van der Waals surface area contributed by atoms with E-state index in [2.05, 4.69) is 25.3 Å². The molecule has 3 rings (SSSR count). The Labute approximate surface area is 117 Å². The van der Waals surface area contributed by atoms with Gasteiger partial charge in [0.05, 0.1) is 11.6 Å². The molecule has 7 nitrogen and oxygen atoms in total. The molecular weight excluding hydrogens is 256 g/mol. The highest BCUT2D eigenvalue weighted by molar-refractivity contribution is 5.86. The van der Waals surface area contributed by atoms with Crippen LogP contribution in [-0.4, -0.2) is 44.8 Å². The highest BCUT2D eigenvalue weighted by atomic mass is 16.1. The molecule has 0 aromatic carbocycles. The van der Waals surface area contributed by atoms with Gasteiger partial charge in [0.15, 0.2) is 5.65 Å². The average molecular weight is 274 g/mol. The molecule has 1 saturated heterocycles. The fourth-order valence-electron chi connectivity index (χ4n) is 2.78. The highest BCUT2D eigenvalue weighted by Crippen LogP contribution is 2.25. The van der Waals surface area contributed by atoms with Crippen LogP contribution in [0.4, 0.5) is 5.82 Å². The van der Waals surface area contributed by atoms with Crippen LogP contribution in [-0.2, 0) is 11.8 Å². The molecule has 1 atom stereocenters. The number of nitrogens with one attached hydrogen (secondary N) is 1. The smallest absolute Gasteiger partial charge is 0.217 e. The summed E-state index contributed by atoms with van der Waals surface area (Å²) in [7, 11) is 1.87. The quantitative estimate of drug-likeness (QED) is 0.861. The van der Waals surface area contributed by atoms with Crippen LogP contribution in [0, 0.1) is 0 Å². The lowest BCUT2D eigenvalue weighted by molar-refractivity contribution is -0.119. The van der Waals surface area contributed by atoms with E-state index in [1.165, 1.54) is 0 Å². The highest BCUT2D eigenvalue weighted by Gasteiger charge is 2.23. The summed E-state index contributed by atoms with van der Waals surface area (Å²) < 4.78 is 1.75. The molecule has 0 spiro atoms. The van der Waals surface area contributed by atoms with E-state index in [0.717, 1.165) is 42.8 Å². The number of rotatable bonds is 2. The van der Waals surface area contributed by atoms with Gasteiger partial charge in [-0.3, -0.25) is 9.48 Å². The minimum atomic E-state index is 0.0195. The second-order valence-corrected chi connectivity index (χ2v) is 5.19. The Morgan fingerprint density at radius 3 is 3.10 bits per heavy atom. The molecule has 2 aromatic heterocycles. The Morgan fingerprint density at radius 2 is 2.30 bits per heavy atom. The first kappa shape index (κ1) is 12.8. The van der Waals surface area contributed by atoms with Gasteiger partial charge in [-0.1, -0.05) is 0 Å². The van der Waals surface area contributed by atoms with Crippen LogP contribution in [0.5, 0.6) is 0 Å². The van der Waals surface area contributed by atoms with Crippen molar-refractivity contribution in [3.63, 3.8) is 0 Å². The van der Waals surface area contributed by atoms with Gasteiger partial charge >= 0.3 is 0 Å². The maximum atomic E-state index is 11.2. The number of carbonyl (C=O) groups excluding carboxylic acids is 1. The Kier molecular flexibility index (Phi) is 3.25. The number of aromatic nitrogens is 4. The largest absolute Gasteiger partial charge is 0.354 e. The minimum Gasteiger partial charge on any atom is -0.354 e. The maximum absolute atomic E-state index is 11.2. The van der Waals surface area contributed by atoms with Crippen LogP contribution in [0.15, 0.2) is 12.5 Å². The third-order valence-electron chi connectivity index (χ3n) is 3.64. The van der Waals surface area contributed by atoms with Gasteiger partial charge in [-0.2, -0.15) is 5.10 Å². The number of hydrogen-bond acceptors (Lipinski definition) is 5. The molecule has 7 heteroatoms. The summed E-state index contributed by atoms with van der Waals surface area (Å²) in [4.78, 5) is 22.1. The van der Waals surface area contributed by atoms with E-state index < -0.39 is 0 Å². The molecule has 2 aromatic rings. The summed E-state index contributed by atoms with van der Waals surface area (Å²) in [6.45, 7) is 3.28. The zero-order valence-corrected chi connectivity index (χ0v) is 11.7. The molecule has 1 N–H and O–H groups in total. The van der Waals surface area contributed by atoms with Crippen molar-refractivity contribution in [2.24, 2.45) is 7.05 Å². The van der Waals surface area contributed by atoms with Crippen molar-refractivity contribution in [2.75, 3.05) is 18.0 Å². The van der Waals surface area contributed by atoms with Crippen molar-refractivity contribution < 1.29 is 4.79 Å². The zero-order valence-electron chi connectivity index (χ0n) is 11.7. The van der Waals surface area contributed by atoms with Gasteiger partial charge in [-0.15, -0.1) is 0 Å². The van der Waals surface area contributed by atoms with Crippen molar-refractivity contribution in [2.45, 2.75) is 25.8 Å². The van der Waals surface area contributed by atoms with Crippen molar-refractivity contribution in [1.82, 2.24) is 25.1 Å². The molecule has 0 bridgehead atoms. The molecule has 106 valence electrons. The molecule has 1 amide bonds. The number of aryl methyl sites for hydroxylation is 1. The van der Waals surface area contributed by atoms with E-state index in [9.17, 15) is 4.79 Å².